The summed E-state index contributed by atoms with van der Waals surface area (Å²) < 4.78 is 15.8. The molecule has 180 valence electrons. The summed E-state index contributed by atoms with van der Waals surface area (Å²) >= 11 is 5.98. The van der Waals surface area contributed by atoms with E-state index in [9.17, 15) is 24.5 Å². The number of nitro groups is 1. The first-order valence-electron chi connectivity index (χ1n) is 10.1. The fourth-order valence-corrected chi connectivity index (χ4v) is 3.61. The average molecular weight is 492 g/mol. The normalized spacial score (nSPS) is 16.1. The molecule has 0 aromatic heterocycles. The molecule has 11 nitrogen and oxygen atoms in total. The number of hydrogen-bond donors (Lipinski definition) is 1. The first-order chi connectivity index (χ1) is 16.1. The molecule has 2 aromatic rings. The Labute approximate surface area is 199 Å². The number of benzene rings is 2. The minimum atomic E-state index is -1.20. The molecule has 2 aromatic carbocycles. The van der Waals surface area contributed by atoms with Crippen molar-refractivity contribution >= 4 is 46.4 Å². The molecule has 1 fully saturated rings. The number of non-ortho nitro benzene ring substituents is 1. The Hall–Kier alpha value is -3.86. The monoisotopic (exact) mass is 491 g/mol. The highest BCUT2D eigenvalue weighted by Gasteiger charge is 2.38. The van der Waals surface area contributed by atoms with Crippen LogP contribution in [0.5, 0.6) is 11.5 Å². The van der Waals surface area contributed by atoms with Crippen LogP contribution in [0.3, 0.4) is 0 Å². The molecule has 2 atom stereocenters. The van der Waals surface area contributed by atoms with Gasteiger partial charge in [-0.15, -0.1) is 0 Å². The van der Waals surface area contributed by atoms with Gasteiger partial charge in [0.1, 0.15) is 11.5 Å². The zero-order chi connectivity index (χ0) is 25.0. The highest BCUT2D eigenvalue weighted by Crippen LogP contribution is 2.36. The van der Waals surface area contributed by atoms with E-state index in [1.54, 1.807) is 18.2 Å². The lowest BCUT2D eigenvalue weighted by Crippen LogP contribution is -2.33. The summed E-state index contributed by atoms with van der Waals surface area (Å²) in [6.45, 7) is 1.43. The number of anilines is 2. The van der Waals surface area contributed by atoms with Crippen molar-refractivity contribution in [3.8, 4) is 11.5 Å². The van der Waals surface area contributed by atoms with Crippen molar-refractivity contribution in [3.05, 3.63) is 51.5 Å². The Morgan fingerprint density at radius 2 is 1.94 bits per heavy atom. The van der Waals surface area contributed by atoms with Crippen LogP contribution in [0.2, 0.25) is 5.02 Å². The van der Waals surface area contributed by atoms with Crippen LogP contribution in [0.15, 0.2) is 36.4 Å². The lowest BCUT2D eigenvalue weighted by Gasteiger charge is -2.20. The molecule has 0 spiro atoms. The third kappa shape index (κ3) is 5.37. The van der Waals surface area contributed by atoms with Crippen LogP contribution in [0.25, 0.3) is 0 Å². The van der Waals surface area contributed by atoms with Gasteiger partial charge < -0.3 is 24.4 Å². The number of ether oxygens (including phenoxy) is 3. The summed E-state index contributed by atoms with van der Waals surface area (Å²) in [5.41, 5.74) is 0.391. The van der Waals surface area contributed by atoms with Gasteiger partial charge in [0.25, 0.3) is 11.6 Å². The minimum absolute atomic E-state index is 0.0356. The number of carbonyl (C=O) groups is 3. The van der Waals surface area contributed by atoms with Gasteiger partial charge in [0.05, 0.1) is 41.5 Å². The second-order valence-corrected chi connectivity index (χ2v) is 7.84. The minimum Gasteiger partial charge on any atom is -0.497 e. The molecule has 1 saturated heterocycles. The first-order valence-corrected chi connectivity index (χ1v) is 10.5. The first kappa shape index (κ1) is 24.8. The van der Waals surface area contributed by atoms with Gasteiger partial charge in [-0.1, -0.05) is 11.6 Å². The number of nitro benzene ring substituents is 1. The van der Waals surface area contributed by atoms with Gasteiger partial charge >= 0.3 is 5.97 Å². The van der Waals surface area contributed by atoms with Gasteiger partial charge in [-0.2, -0.15) is 0 Å². The molecule has 0 bridgehead atoms. The number of amides is 2. The predicted molar refractivity (Wildman–Crippen MR) is 122 cm³/mol. The molecule has 3 rings (SSSR count). The standard InChI is InChI=1S/C22H22ClN3O8/c1-12(21(28)24-17-6-4-14(26(30)31)9-16(17)23)34-22(29)13-8-20(27)25(11-13)18-7-5-15(32-2)10-19(18)33-3/h4-7,9-10,12-13H,8,11H2,1-3H3,(H,24,28)/t12-,13-/m1/s1. The fraction of sp³-hybridized carbons (Fsp3) is 0.318. The number of hydrogen-bond acceptors (Lipinski definition) is 8. The van der Waals surface area contributed by atoms with E-state index in [-0.39, 0.29) is 35.3 Å². The van der Waals surface area contributed by atoms with Crippen molar-refractivity contribution in [2.75, 3.05) is 31.0 Å². The van der Waals surface area contributed by atoms with E-state index in [0.29, 0.717) is 17.2 Å². The largest absolute Gasteiger partial charge is 0.497 e. The Kier molecular flexibility index (Phi) is 7.57. The van der Waals surface area contributed by atoms with Gasteiger partial charge in [-0.25, -0.2) is 0 Å². The molecule has 2 amide bonds. The van der Waals surface area contributed by atoms with Crippen molar-refractivity contribution in [1.82, 2.24) is 0 Å². The quantitative estimate of drug-likeness (QED) is 0.337. The summed E-state index contributed by atoms with van der Waals surface area (Å²) in [5, 5.41) is 13.2. The van der Waals surface area contributed by atoms with Crippen LogP contribution < -0.4 is 19.7 Å². The Morgan fingerprint density at radius 1 is 1.21 bits per heavy atom. The van der Waals surface area contributed by atoms with Crippen LogP contribution >= 0.6 is 11.6 Å². The van der Waals surface area contributed by atoms with E-state index in [1.807, 2.05) is 0 Å². The zero-order valence-corrected chi connectivity index (χ0v) is 19.3. The average Bonchev–Trinajstić information content (AvgIpc) is 3.21. The molecule has 1 N–H and O–H groups in total. The second kappa shape index (κ2) is 10.4. The van der Waals surface area contributed by atoms with E-state index in [1.165, 1.54) is 38.2 Å². The summed E-state index contributed by atoms with van der Waals surface area (Å²) in [6, 6.07) is 8.52. The summed E-state index contributed by atoms with van der Waals surface area (Å²) in [4.78, 5) is 49.3. The molecular formula is C22H22ClN3O8. The lowest BCUT2D eigenvalue weighted by molar-refractivity contribution is -0.384. The van der Waals surface area contributed by atoms with Gasteiger partial charge in [0.15, 0.2) is 6.10 Å². The van der Waals surface area contributed by atoms with Crippen molar-refractivity contribution in [1.29, 1.82) is 0 Å². The van der Waals surface area contributed by atoms with Gasteiger partial charge in [-0.05, 0) is 25.1 Å². The number of halogens is 1. The second-order valence-electron chi connectivity index (χ2n) is 7.43. The van der Waals surface area contributed by atoms with Gasteiger partial charge in [0.2, 0.25) is 5.91 Å². The molecule has 0 radical (unpaired) electrons. The van der Waals surface area contributed by atoms with Crippen molar-refractivity contribution in [3.63, 3.8) is 0 Å². The molecular weight excluding hydrogens is 470 g/mol. The highest BCUT2D eigenvalue weighted by molar-refractivity contribution is 6.34. The third-order valence-corrected chi connectivity index (χ3v) is 5.53. The Morgan fingerprint density at radius 3 is 2.56 bits per heavy atom. The summed E-state index contributed by atoms with van der Waals surface area (Å²) in [7, 11) is 2.97. The topological polar surface area (TPSA) is 137 Å². The lowest BCUT2D eigenvalue weighted by atomic mass is 10.1. The Balaban J connectivity index is 1.63. The zero-order valence-electron chi connectivity index (χ0n) is 18.6. The molecule has 0 aliphatic carbocycles. The Bertz CT molecular complexity index is 1140. The summed E-state index contributed by atoms with van der Waals surface area (Å²) in [6.07, 6.45) is -1.28. The molecule has 12 heteroatoms. The smallest absolute Gasteiger partial charge is 0.312 e. The third-order valence-electron chi connectivity index (χ3n) is 5.22. The van der Waals surface area contributed by atoms with Crippen molar-refractivity contribution in [2.45, 2.75) is 19.4 Å². The number of nitrogens with zero attached hydrogens (tertiary/aromatic N) is 2. The highest BCUT2D eigenvalue weighted by atomic mass is 35.5. The van der Waals surface area contributed by atoms with Crippen molar-refractivity contribution < 1.29 is 33.5 Å². The number of rotatable bonds is 8. The van der Waals surface area contributed by atoms with Crippen LogP contribution in [0.4, 0.5) is 17.1 Å². The number of methoxy groups -OCH3 is 2. The summed E-state index contributed by atoms with van der Waals surface area (Å²) in [5.74, 6) is -1.49. The van der Waals surface area contributed by atoms with Crippen molar-refractivity contribution in [2.24, 2.45) is 5.92 Å². The van der Waals surface area contributed by atoms with E-state index >= 15 is 0 Å². The maximum absolute atomic E-state index is 12.6. The SMILES string of the molecule is COc1ccc(N2C[C@H](C(=O)O[C@H](C)C(=O)Nc3ccc([N+](=O)[O-])cc3Cl)CC2=O)c(OC)c1. The van der Waals surface area contributed by atoms with Crippen LogP contribution in [-0.2, 0) is 19.1 Å². The molecule has 0 unspecified atom stereocenters. The molecule has 34 heavy (non-hydrogen) atoms. The predicted octanol–water partition coefficient (Wildman–Crippen LogP) is 3.19. The number of nitrogens with one attached hydrogen (secondary N) is 1. The van der Waals surface area contributed by atoms with Crippen LogP contribution in [0.1, 0.15) is 13.3 Å². The van der Waals surface area contributed by atoms with E-state index in [4.69, 9.17) is 25.8 Å². The van der Waals surface area contributed by atoms with E-state index < -0.39 is 28.8 Å². The maximum atomic E-state index is 12.6. The maximum Gasteiger partial charge on any atom is 0.312 e. The van der Waals surface area contributed by atoms with Gasteiger partial charge in [0, 0.05) is 31.2 Å². The molecule has 1 heterocycles. The molecule has 1 aliphatic rings. The van der Waals surface area contributed by atoms with Crippen LogP contribution in [-0.4, -0.2) is 49.6 Å². The number of esters is 1. The van der Waals surface area contributed by atoms with Gasteiger partial charge in [-0.3, -0.25) is 24.5 Å². The molecule has 0 saturated carbocycles. The van der Waals surface area contributed by atoms with E-state index in [0.717, 1.165) is 6.07 Å². The number of carbonyl (C=O) groups excluding carboxylic acids is 3. The fourth-order valence-electron chi connectivity index (χ4n) is 3.38. The molecule has 1 aliphatic heterocycles. The van der Waals surface area contributed by atoms with E-state index in [2.05, 4.69) is 5.32 Å². The van der Waals surface area contributed by atoms with Crippen LogP contribution in [0, 0.1) is 16.0 Å².